The van der Waals surface area contributed by atoms with Crippen molar-refractivity contribution in [1.29, 1.82) is 0 Å². The number of hydrogen-bond acceptors (Lipinski definition) is 3. The summed E-state index contributed by atoms with van der Waals surface area (Å²) in [5, 5.41) is 0.944. The third-order valence-corrected chi connectivity index (χ3v) is 4.34. The Hall–Kier alpha value is -0.970. The number of piperidine rings is 1. The minimum absolute atomic E-state index is 0.0171. The molecule has 2 N–H and O–H groups in total. The van der Waals surface area contributed by atoms with Crippen molar-refractivity contribution in [2.45, 2.75) is 25.9 Å². The van der Waals surface area contributed by atoms with E-state index in [1.54, 1.807) is 25.1 Å². The molecule has 1 saturated heterocycles. The lowest BCUT2D eigenvalue weighted by Crippen LogP contribution is -2.45. The monoisotopic (exact) mass is 330 g/mol. The van der Waals surface area contributed by atoms with Crippen LogP contribution in [0.15, 0.2) is 18.2 Å². The topological polar surface area (TPSA) is 55.6 Å². The Morgan fingerprint density at radius 1 is 1.43 bits per heavy atom. The van der Waals surface area contributed by atoms with E-state index in [0.29, 0.717) is 28.3 Å². The van der Waals surface area contributed by atoms with Crippen LogP contribution in [0.2, 0.25) is 10.0 Å². The SMILES string of the molecule is CC(Oc1ccc(Cl)cc1Cl)C(=O)N1CCC(CN)CC1. The standard InChI is InChI=1S/C15H20Cl2N2O2/c1-10(21-14-3-2-12(16)8-13(14)17)15(20)19-6-4-11(9-18)5-7-19/h2-3,8,10-11H,4-7,9,18H2,1H3. The summed E-state index contributed by atoms with van der Waals surface area (Å²) in [4.78, 5) is 14.2. The lowest BCUT2D eigenvalue weighted by atomic mass is 9.97. The smallest absolute Gasteiger partial charge is 0.263 e. The molecule has 2 rings (SSSR count). The van der Waals surface area contributed by atoms with Gasteiger partial charge in [-0.15, -0.1) is 0 Å². The van der Waals surface area contributed by atoms with Crippen molar-refractivity contribution in [2.75, 3.05) is 19.6 Å². The second kappa shape index (κ2) is 7.34. The fraction of sp³-hybridized carbons (Fsp3) is 0.533. The third kappa shape index (κ3) is 4.25. The van der Waals surface area contributed by atoms with E-state index >= 15 is 0 Å². The first kappa shape index (κ1) is 16.4. The van der Waals surface area contributed by atoms with Crippen molar-refractivity contribution in [3.63, 3.8) is 0 Å². The lowest BCUT2D eigenvalue weighted by Gasteiger charge is -2.33. The van der Waals surface area contributed by atoms with Crippen LogP contribution in [0.5, 0.6) is 5.75 Å². The molecular formula is C15H20Cl2N2O2. The second-order valence-electron chi connectivity index (χ2n) is 5.34. The first-order valence-corrected chi connectivity index (χ1v) is 7.87. The number of halogens is 2. The molecule has 0 bridgehead atoms. The Morgan fingerprint density at radius 3 is 2.67 bits per heavy atom. The van der Waals surface area contributed by atoms with E-state index in [4.69, 9.17) is 33.7 Å². The van der Waals surface area contributed by atoms with Gasteiger partial charge in [-0.1, -0.05) is 23.2 Å². The Bertz CT molecular complexity index is 502. The number of carbonyl (C=O) groups excluding carboxylic acids is 1. The van der Waals surface area contributed by atoms with Crippen LogP contribution in [0.3, 0.4) is 0 Å². The molecule has 0 spiro atoms. The lowest BCUT2D eigenvalue weighted by molar-refractivity contribution is -0.139. The van der Waals surface area contributed by atoms with Gasteiger partial charge in [0.15, 0.2) is 6.10 Å². The molecule has 1 heterocycles. The summed E-state index contributed by atoms with van der Waals surface area (Å²) >= 11 is 11.9. The Balaban J connectivity index is 1.93. The maximum Gasteiger partial charge on any atom is 0.263 e. The Morgan fingerprint density at radius 2 is 2.10 bits per heavy atom. The van der Waals surface area contributed by atoms with Crippen LogP contribution in [0.25, 0.3) is 0 Å². The summed E-state index contributed by atoms with van der Waals surface area (Å²) < 4.78 is 5.66. The molecule has 4 nitrogen and oxygen atoms in total. The Kier molecular flexibility index (Phi) is 5.73. The highest BCUT2D eigenvalue weighted by molar-refractivity contribution is 6.35. The number of nitrogens with two attached hydrogens (primary N) is 1. The molecule has 1 aromatic carbocycles. The van der Waals surface area contributed by atoms with Crippen molar-refractivity contribution in [3.8, 4) is 5.75 Å². The number of carbonyl (C=O) groups is 1. The normalized spacial score (nSPS) is 17.6. The van der Waals surface area contributed by atoms with Gasteiger partial charge in [0.25, 0.3) is 5.91 Å². The van der Waals surface area contributed by atoms with Gasteiger partial charge < -0.3 is 15.4 Å². The van der Waals surface area contributed by atoms with Crippen molar-refractivity contribution in [2.24, 2.45) is 11.7 Å². The fourth-order valence-electron chi connectivity index (χ4n) is 2.46. The summed E-state index contributed by atoms with van der Waals surface area (Å²) in [7, 11) is 0. The van der Waals surface area contributed by atoms with E-state index in [0.717, 1.165) is 25.9 Å². The minimum Gasteiger partial charge on any atom is -0.479 e. The first-order chi connectivity index (χ1) is 10.0. The largest absolute Gasteiger partial charge is 0.479 e. The number of ether oxygens (including phenoxy) is 1. The van der Waals surface area contributed by atoms with E-state index in [1.807, 2.05) is 4.90 Å². The summed E-state index contributed by atoms with van der Waals surface area (Å²) in [6.45, 7) is 3.91. The molecule has 6 heteroatoms. The molecule has 0 aliphatic carbocycles. The van der Waals surface area contributed by atoms with E-state index in [-0.39, 0.29) is 5.91 Å². The highest BCUT2D eigenvalue weighted by Crippen LogP contribution is 2.28. The van der Waals surface area contributed by atoms with Crippen LogP contribution < -0.4 is 10.5 Å². The van der Waals surface area contributed by atoms with Crippen LogP contribution in [0.1, 0.15) is 19.8 Å². The molecule has 1 atom stereocenters. The highest BCUT2D eigenvalue weighted by Gasteiger charge is 2.26. The van der Waals surface area contributed by atoms with Gasteiger partial charge in [0.2, 0.25) is 0 Å². The fourth-order valence-corrected chi connectivity index (χ4v) is 2.91. The zero-order chi connectivity index (χ0) is 15.4. The summed E-state index contributed by atoms with van der Waals surface area (Å²) in [5.74, 6) is 0.978. The maximum absolute atomic E-state index is 12.4. The third-order valence-electron chi connectivity index (χ3n) is 3.80. The van der Waals surface area contributed by atoms with Crippen molar-refractivity contribution < 1.29 is 9.53 Å². The van der Waals surface area contributed by atoms with Gasteiger partial charge in [-0.2, -0.15) is 0 Å². The highest BCUT2D eigenvalue weighted by atomic mass is 35.5. The molecule has 0 aromatic heterocycles. The Labute approximate surface area is 135 Å². The van der Waals surface area contributed by atoms with E-state index in [9.17, 15) is 4.79 Å². The van der Waals surface area contributed by atoms with Crippen LogP contribution in [-0.4, -0.2) is 36.5 Å². The number of rotatable bonds is 4. The molecule has 0 saturated carbocycles. The van der Waals surface area contributed by atoms with Crippen molar-refractivity contribution in [1.82, 2.24) is 4.90 Å². The molecule has 1 fully saturated rings. The maximum atomic E-state index is 12.4. The van der Waals surface area contributed by atoms with Crippen LogP contribution in [-0.2, 0) is 4.79 Å². The molecule has 116 valence electrons. The predicted molar refractivity (Wildman–Crippen MR) is 84.9 cm³/mol. The molecule has 1 aliphatic heterocycles. The average molecular weight is 331 g/mol. The van der Waals surface area contributed by atoms with Gasteiger partial charge in [-0.05, 0) is 50.4 Å². The van der Waals surface area contributed by atoms with Gasteiger partial charge in [0, 0.05) is 18.1 Å². The van der Waals surface area contributed by atoms with Crippen LogP contribution in [0.4, 0.5) is 0 Å². The molecule has 1 aromatic rings. The molecule has 0 radical (unpaired) electrons. The number of benzene rings is 1. The van der Waals surface area contributed by atoms with Gasteiger partial charge >= 0.3 is 0 Å². The van der Waals surface area contributed by atoms with Gasteiger partial charge in [0.05, 0.1) is 5.02 Å². The zero-order valence-corrected chi connectivity index (χ0v) is 13.5. The van der Waals surface area contributed by atoms with Gasteiger partial charge in [0.1, 0.15) is 5.75 Å². The van der Waals surface area contributed by atoms with Crippen LogP contribution in [0, 0.1) is 5.92 Å². The molecule has 1 aliphatic rings. The quantitative estimate of drug-likeness (QED) is 0.923. The molecule has 1 unspecified atom stereocenters. The average Bonchev–Trinajstić information content (AvgIpc) is 2.49. The number of amides is 1. The van der Waals surface area contributed by atoms with Crippen LogP contribution >= 0.6 is 23.2 Å². The van der Waals surface area contributed by atoms with Crippen molar-refractivity contribution >= 4 is 29.1 Å². The number of hydrogen-bond donors (Lipinski definition) is 1. The molecule has 21 heavy (non-hydrogen) atoms. The summed E-state index contributed by atoms with van der Waals surface area (Å²) in [5.41, 5.74) is 5.66. The molecular weight excluding hydrogens is 311 g/mol. The van der Waals surface area contributed by atoms with Gasteiger partial charge in [-0.25, -0.2) is 0 Å². The van der Waals surface area contributed by atoms with Crippen molar-refractivity contribution in [3.05, 3.63) is 28.2 Å². The predicted octanol–water partition coefficient (Wildman–Crippen LogP) is 2.96. The van der Waals surface area contributed by atoms with Gasteiger partial charge in [-0.3, -0.25) is 4.79 Å². The minimum atomic E-state index is -0.571. The summed E-state index contributed by atoms with van der Waals surface area (Å²) in [6.07, 6.45) is 1.34. The van der Waals surface area contributed by atoms with E-state index in [2.05, 4.69) is 0 Å². The summed E-state index contributed by atoms with van der Waals surface area (Å²) in [6, 6.07) is 4.96. The number of nitrogens with zero attached hydrogens (tertiary/aromatic N) is 1. The number of likely N-dealkylation sites (tertiary alicyclic amines) is 1. The molecule has 1 amide bonds. The zero-order valence-electron chi connectivity index (χ0n) is 12.0. The van der Waals surface area contributed by atoms with E-state index < -0.39 is 6.10 Å². The second-order valence-corrected chi connectivity index (χ2v) is 6.18. The first-order valence-electron chi connectivity index (χ1n) is 7.12. The van der Waals surface area contributed by atoms with E-state index in [1.165, 1.54) is 0 Å².